The van der Waals surface area contributed by atoms with Gasteiger partial charge in [0, 0.05) is 5.16 Å². The largest absolute Gasteiger partial charge is 0.0969 e. The summed E-state index contributed by atoms with van der Waals surface area (Å²) in [5.41, 5.74) is 0. The lowest BCUT2D eigenvalue weighted by Gasteiger charge is -2.62. The second-order valence-corrected chi connectivity index (χ2v) is 12.6. The standard InChI is InChI=1S/C13H21PS/c15-14(2-1-3-14)13-7-10-4-11(8-13)6-12(5-10)9-13/h10-12H,1-9H2. The monoisotopic (exact) mass is 240 g/mol. The highest BCUT2D eigenvalue weighted by molar-refractivity contribution is 8.16. The molecule has 0 spiro atoms. The molecule has 4 aliphatic carbocycles. The van der Waals surface area contributed by atoms with Gasteiger partial charge in [0.15, 0.2) is 0 Å². The molecule has 0 radical (unpaired) electrons. The molecule has 0 aromatic carbocycles. The Bertz CT molecular complexity index is 303. The van der Waals surface area contributed by atoms with E-state index in [0.717, 1.165) is 22.9 Å². The van der Waals surface area contributed by atoms with Crippen LogP contribution in [0.1, 0.15) is 44.9 Å². The van der Waals surface area contributed by atoms with Crippen LogP contribution in [0.5, 0.6) is 0 Å². The molecule has 1 saturated heterocycles. The molecule has 84 valence electrons. The van der Waals surface area contributed by atoms with Crippen molar-refractivity contribution in [1.29, 1.82) is 0 Å². The average Bonchev–Trinajstić information content (AvgIpc) is 2.11. The van der Waals surface area contributed by atoms with Crippen molar-refractivity contribution in [2.45, 2.75) is 50.1 Å². The van der Waals surface area contributed by atoms with Gasteiger partial charge in [0.05, 0.1) is 0 Å². The average molecular weight is 240 g/mol. The molecule has 15 heavy (non-hydrogen) atoms. The molecular formula is C13H21PS. The van der Waals surface area contributed by atoms with E-state index in [1.807, 2.05) is 0 Å². The van der Waals surface area contributed by atoms with Gasteiger partial charge >= 0.3 is 0 Å². The highest BCUT2D eigenvalue weighted by Gasteiger charge is 2.57. The highest BCUT2D eigenvalue weighted by Crippen LogP contribution is 2.76. The van der Waals surface area contributed by atoms with Crippen LogP contribution in [-0.4, -0.2) is 17.5 Å². The summed E-state index contributed by atoms with van der Waals surface area (Å²) < 4.78 is 0. The zero-order valence-corrected chi connectivity index (χ0v) is 11.2. The lowest BCUT2D eigenvalue weighted by Crippen LogP contribution is -2.52. The number of hydrogen-bond acceptors (Lipinski definition) is 1. The van der Waals surface area contributed by atoms with Gasteiger partial charge in [-0.2, -0.15) is 0 Å². The van der Waals surface area contributed by atoms with E-state index in [-0.39, 0.29) is 0 Å². The third-order valence-electron chi connectivity index (χ3n) is 5.91. The molecule has 1 aliphatic heterocycles. The van der Waals surface area contributed by atoms with Crippen molar-refractivity contribution in [2.75, 3.05) is 12.3 Å². The maximum absolute atomic E-state index is 6.13. The fraction of sp³-hybridized carbons (Fsp3) is 1.00. The molecule has 5 rings (SSSR count). The van der Waals surface area contributed by atoms with Crippen molar-refractivity contribution >= 4 is 17.8 Å². The summed E-state index contributed by atoms with van der Waals surface area (Å²) in [6.45, 7) is 0. The zero-order valence-electron chi connectivity index (χ0n) is 9.45. The summed E-state index contributed by atoms with van der Waals surface area (Å²) >= 11 is 6.13. The molecule has 0 amide bonds. The van der Waals surface area contributed by atoms with Gasteiger partial charge in [0.1, 0.15) is 0 Å². The Balaban J connectivity index is 1.74. The maximum Gasteiger partial charge on any atom is 0.000377 e. The molecule has 4 bridgehead atoms. The van der Waals surface area contributed by atoms with Gasteiger partial charge < -0.3 is 0 Å². The Morgan fingerprint density at radius 3 is 1.67 bits per heavy atom. The first kappa shape index (κ1) is 9.66. The van der Waals surface area contributed by atoms with Gasteiger partial charge in [0.2, 0.25) is 0 Å². The summed E-state index contributed by atoms with van der Waals surface area (Å²) in [4.78, 5) is 0. The normalized spacial score (nSPS) is 55.3. The topological polar surface area (TPSA) is 0 Å². The molecule has 0 nitrogen and oxygen atoms in total. The molecule has 1 heterocycles. The maximum atomic E-state index is 6.13. The van der Waals surface area contributed by atoms with Crippen LogP contribution >= 0.6 is 6.04 Å². The summed E-state index contributed by atoms with van der Waals surface area (Å²) in [6, 6.07) is -0.859. The van der Waals surface area contributed by atoms with Crippen LogP contribution < -0.4 is 0 Å². The van der Waals surface area contributed by atoms with Gasteiger partial charge in [-0.25, -0.2) is 0 Å². The first-order valence-corrected chi connectivity index (χ1v) is 9.95. The Morgan fingerprint density at radius 2 is 1.33 bits per heavy atom. The third kappa shape index (κ3) is 1.18. The minimum atomic E-state index is -0.859. The number of rotatable bonds is 1. The molecule has 0 N–H and O–H groups in total. The van der Waals surface area contributed by atoms with Gasteiger partial charge in [-0.1, -0.05) is 11.8 Å². The summed E-state index contributed by atoms with van der Waals surface area (Å²) in [5.74, 6) is 3.32. The van der Waals surface area contributed by atoms with E-state index < -0.39 is 6.04 Å². The Hall–Kier alpha value is 0.650. The predicted molar refractivity (Wildman–Crippen MR) is 69.5 cm³/mol. The highest BCUT2D eigenvalue weighted by atomic mass is 32.4. The first-order chi connectivity index (χ1) is 7.19. The van der Waals surface area contributed by atoms with E-state index in [0.29, 0.717) is 0 Å². The Kier molecular flexibility index (Phi) is 1.87. The zero-order chi connectivity index (χ0) is 10.1. The fourth-order valence-electron chi connectivity index (χ4n) is 5.48. The van der Waals surface area contributed by atoms with Crippen molar-refractivity contribution < 1.29 is 0 Å². The van der Waals surface area contributed by atoms with E-state index in [9.17, 15) is 0 Å². The van der Waals surface area contributed by atoms with Crippen LogP contribution in [0.15, 0.2) is 0 Å². The van der Waals surface area contributed by atoms with Gasteiger partial charge in [0.25, 0.3) is 0 Å². The quantitative estimate of drug-likeness (QED) is 0.628. The van der Waals surface area contributed by atoms with Gasteiger partial charge in [-0.05, 0) is 81.1 Å². The molecule has 0 unspecified atom stereocenters. The van der Waals surface area contributed by atoms with Crippen LogP contribution in [-0.2, 0) is 11.8 Å². The van der Waals surface area contributed by atoms with E-state index in [1.165, 1.54) is 18.7 Å². The molecular weight excluding hydrogens is 219 g/mol. The van der Waals surface area contributed by atoms with Gasteiger partial charge in [-0.3, -0.25) is 0 Å². The van der Waals surface area contributed by atoms with Crippen LogP contribution in [0.2, 0.25) is 0 Å². The lowest BCUT2D eigenvalue weighted by molar-refractivity contribution is 0.0347. The van der Waals surface area contributed by atoms with Gasteiger partial charge in [-0.15, -0.1) is 0 Å². The van der Waals surface area contributed by atoms with Crippen molar-refractivity contribution in [3.05, 3.63) is 0 Å². The van der Waals surface area contributed by atoms with Crippen molar-refractivity contribution in [1.82, 2.24) is 0 Å². The minimum absolute atomic E-state index is 0.759. The Labute approximate surface area is 98.2 Å². The van der Waals surface area contributed by atoms with E-state index in [1.54, 1.807) is 38.5 Å². The van der Waals surface area contributed by atoms with Crippen molar-refractivity contribution in [3.8, 4) is 0 Å². The van der Waals surface area contributed by atoms with Crippen molar-refractivity contribution in [2.24, 2.45) is 17.8 Å². The second-order valence-electron chi connectivity index (χ2n) is 6.83. The van der Waals surface area contributed by atoms with Crippen LogP contribution in [0.25, 0.3) is 0 Å². The minimum Gasteiger partial charge on any atom is -0.0969 e. The van der Waals surface area contributed by atoms with Crippen LogP contribution in [0.3, 0.4) is 0 Å². The Morgan fingerprint density at radius 1 is 0.867 bits per heavy atom. The van der Waals surface area contributed by atoms with Crippen LogP contribution in [0, 0.1) is 17.8 Å². The summed E-state index contributed by atoms with van der Waals surface area (Å²) in [6.07, 6.45) is 13.9. The van der Waals surface area contributed by atoms with Crippen LogP contribution in [0.4, 0.5) is 0 Å². The SMILES string of the molecule is S=P1(C23CC4CC(CC(C4)C2)C3)CCC1. The third-order valence-corrected chi connectivity index (χ3v) is 12.5. The fourth-order valence-corrected chi connectivity index (χ4v) is 10.5. The summed E-state index contributed by atoms with van der Waals surface area (Å²) in [7, 11) is 0. The van der Waals surface area contributed by atoms with E-state index in [2.05, 4.69) is 0 Å². The molecule has 0 atom stereocenters. The van der Waals surface area contributed by atoms with E-state index in [4.69, 9.17) is 11.8 Å². The first-order valence-electron chi connectivity index (χ1n) is 6.77. The second kappa shape index (κ2) is 2.91. The molecule has 2 heteroatoms. The molecule has 4 saturated carbocycles. The molecule has 5 fully saturated rings. The molecule has 0 aromatic rings. The smallest absolute Gasteiger partial charge is 0.000377 e. The predicted octanol–water partition coefficient (Wildman–Crippen LogP) is 3.84. The number of hydrogen-bond donors (Lipinski definition) is 0. The molecule has 5 aliphatic rings. The van der Waals surface area contributed by atoms with Crippen molar-refractivity contribution in [3.63, 3.8) is 0 Å². The lowest BCUT2D eigenvalue weighted by atomic mass is 9.56. The summed E-state index contributed by atoms with van der Waals surface area (Å²) in [5, 5.41) is 0.759. The molecule has 0 aromatic heterocycles. The van der Waals surface area contributed by atoms with E-state index >= 15 is 0 Å².